The van der Waals surface area contributed by atoms with Gasteiger partial charge in [0.25, 0.3) is 11.7 Å². The zero-order valence-corrected chi connectivity index (χ0v) is 22.4. The minimum Gasteiger partial charge on any atom is -0.507 e. The number of hydrogen-bond acceptors (Lipinski definition) is 8. The van der Waals surface area contributed by atoms with E-state index >= 15 is 0 Å². The molecule has 1 N–H and O–H groups in total. The third kappa shape index (κ3) is 5.67. The van der Waals surface area contributed by atoms with Crippen LogP contribution in [0.25, 0.3) is 5.76 Å². The van der Waals surface area contributed by atoms with Gasteiger partial charge in [-0.1, -0.05) is 13.8 Å². The van der Waals surface area contributed by atoms with E-state index in [2.05, 4.69) is 13.8 Å². The molecule has 1 aliphatic rings. The van der Waals surface area contributed by atoms with Gasteiger partial charge in [0.15, 0.2) is 11.5 Å². The molecule has 0 radical (unpaired) electrons. The van der Waals surface area contributed by atoms with Gasteiger partial charge >= 0.3 is 0 Å². The van der Waals surface area contributed by atoms with Gasteiger partial charge in [-0.2, -0.15) is 0 Å². The van der Waals surface area contributed by atoms with Crippen molar-refractivity contribution in [3.63, 3.8) is 0 Å². The first-order chi connectivity index (χ1) is 17.7. The summed E-state index contributed by atoms with van der Waals surface area (Å²) in [6.45, 7) is 6.87. The first-order valence-corrected chi connectivity index (χ1v) is 12.0. The average molecular weight is 514 g/mol. The molecule has 1 fully saturated rings. The number of methoxy groups -OCH3 is 4. The lowest BCUT2D eigenvalue weighted by Crippen LogP contribution is -2.32. The number of likely N-dealkylation sites (tertiary alicyclic amines) is 1. The topological polar surface area (TPSA) is 104 Å². The maximum absolute atomic E-state index is 13.3. The minimum atomic E-state index is -0.902. The SMILES string of the molecule is COCCN1C(=O)C(=O)/C(=C(/O)c2ccc(OCC(C)C)c(C)c2)[C@H]1c1cc(OC)c(OC)c(OC)c1. The predicted octanol–water partition coefficient (Wildman–Crippen LogP) is 4.12. The van der Waals surface area contributed by atoms with Crippen LogP contribution >= 0.6 is 0 Å². The molecule has 37 heavy (non-hydrogen) atoms. The van der Waals surface area contributed by atoms with Crippen molar-refractivity contribution in [3.8, 4) is 23.0 Å². The first kappa shape index (κ1) is 27.9. The third-order valence-electron chi connectivity index (χ3n) is 6.10. The van der Waals surface area contributed by atoms with Gasteiger partial charge in [0.2, 0.25) is 5.75 Å². The number of aliphatic hydroxyl groups is 1. The molecule has 3 rings (SSSR count). The molecule has 0 aromatic heterocycles. The van der Waals surface area contributed by atoms with Gasteiger partial charge in [-0.3, -0.25) is 9.59 Å². The Labute approximate surface area is 217 Å². The Balaban J connectivity index is 2.18. The fourth-order valence-corrected chi connectivity index (χ4v) is 4.28. The molecule has 9 heteroatoms. The van der Waals surface area contributed by atoms with Crippen molar-refractivity contribution >= 4 is 17.4 Å². The average Bonchev–Trinajstić information content (AvgIpc) is 3.14. The molecule has 9 nitrogen and oxygen atoms in total. The lowest BCUT2D eigenvalue weighted by Gasteiger charge is -2.26. The summed E-state index contributed by atoms with van der Waals surface area (Å²) >= 11 is 0. The van der Waals surface area contributed by atoms with E-state index < -0.39 is 17.7 Å². The van der Waals surface area contributed by atoms with Crippen molar-refractivity contribution in [2.45, 2.75) is 26.8 Å². The highest BCUT2D eigenvalue weighted by atomic mass is 16.5. The quantitative estimate of drug-likeness (QED) is 0.272. The molecular weight excluding hydrogens is 478 g/mol. The van der Waals surface area contributed by atoms with Crippen LogP contribution in [-0.2, 0) is 14.3 Å². The lowest BCUT2D eigenvalue weighted by atomic mass is 9.94. The van der Waals surface area contributed by atoms with Gasteiger partial charge in [-0.15, -0.1) is 0 Å². The maximum Gasteiger partial charge on any atom is 0.295 e. The van der Waals surface area contributed by atoms with Crippen LogP contribution in [0.4, 0.5) is 0 Å². The fourth-order valence-electron chi connectivity index (χ4n) is 4.28. The number of Topliss-reactive ketones (excluding diaryl/α,β-unsaturated/α-hetero) is 1. The zero-order valence-electron chi connectivity index (χ0n) is 22.4. The highest BCUT2D eigenvalue weighted by Crippen LogP contribution is 2.45. The number of ketones is 1. The van der Waals surface area contributed by atoms with Gasteiger partial charge in [0.1, 0.15) is 11.5 Å². The van der Waals surface area contributed by atoms with Crippen LogP contribution in [0.3, 0.4) is 0 Å². The van der Waals surface area contributed by atoms with Crippen LogP contribution in [0, 0.1) is 12.8 Å². The van der Waals surface area contributed by atoms with Crippen LogP contribution in [0.15, 0.2) is 35.9 Å². The molecule has 1 aliphatic heterocycles. The zero-order chi connectivity index (χ0) is 27.3. The number of aliphatic hydroxyl groups excluding tert-OH is 1. The van der Waals surface area contributed by atoms with Crippen molar-refractivity contribution in [2.24, 2.45) is 5.92 Å². The van der Waals surface area contributed by atoms with Crippen molar-refractivity contribution in [3.05, 3.63) is 52.6 Å². The number of benzene rings is 2. The predicted molar refractivity (Wildman–Crippen MR) is 138 cm³/mol. The largest absolute Gasteiger partial charge is 0.507 e. The van der Waals surface area contributed by atoms with Gasteiger partial charge in [0, 0.05) is 19.2 Å². The van der Waals surface area contributed by atoms with E-state index in [0.717, 1.165) is 5.56 Å². The van der Waals surface area contributed by atoms with E-state index in [-0.39, 0.29) is 24.5 Å². The van der Waals surface area contributed by atoms with Gasteiger partial charge < -0.3 is 33.7 Å². The number of nitrogens with zero attached hydrogens (tertiary/aromatic N) is 1. The second-order valence-electron chi connectivity index (χ2n) is 9.13. The molecule has 0 unspecified atom stereocenters. The Morgan fingerprint density at radius 3 is 2.14 bits per heavy atom. The molecule has 200 valence electrons. The number of aryl methyl sites for hydroxylation is 1. The fraction of sp³-hybridized carbons (Fsp3) is 0.429. The Morgan fingerprint density at radius 2 is 1.62 bits per heavy atom. The second kappa shape index (κ2) is 12.0. The summed E-state index contributed by atoms with van der Waals surface area (Å²) in [4.78, 5) is 27.8. The van der Waals surface area contributed by atoms with Crippen molar-refractivity contribution in [1.82, 2.24) is 4.90 Å². The Bertz CT molecular complexity index is 1160. The molecular formula is C28H35NO8. The van der Waals surface area contributed by atoms with Crippen molar-refractivity contribution in [2.75, 3.05) is 48.2 Å². The van der Waals surface area contributed by atoms with Crippen molar-refractivity contribution in [1.29, 1.82) is 0 Å². The van der Waals surface area contributed by atoms with E-state index in [1.54, 1.807) is 30.3 Å². The van der Waals surface area contributed by atoms with E-state index in [1.807, 2.05) is 6.92 Å². The van der Waals surface area contributed by atoms with Crippen LogP contribution < -0.4 is 18.9 Å². The summed E-state index contributed by atoms with van der Waals surface area (Å²) in [6.07, 6.45) is 0. The number of carbonyl (C=O) groups is 2. The minimum absolute atomic E-state index is 0.0365. The summed E-state index contributed by atoms with van der Waals surface area (Å²) in [5.74, 6) is 0.330. The summed E-state index contributed by atoms with van der Waals surface area (Å²) < 4.78 is 27.4. The number of ether oxygens (including phenoxy) is 5. The van der Waals surface area contributed by atoms with Crippen LogP contribution in [0.1, 0.15) is 36.6 Å². The smallest absolute Gasteiger partial charge is 0.295 e. The van der Waals surface area contributed by atoms with Crippen molar-refractivity contribution < 1.29 is 38.4 Å². The summed E-state index contributed by atoms with van der Waals surface area (Å²) in [7, 11) is 5.96. The molecule has 0 bridgehead atoms. The Hall–Kier alpha value is -3.72. The third-order valence-corrected chi connectivity index (χ3v) is 6.10. The van der Waals surface area contributed by atoms with Gasteiger partial charge in [0.05, 0.1) is 46.2 Å². The lowest BCUT2D eigenvalue weighted by molar-refractivity contribution is -0.140. The molecule has 1 saturated heterocycles. The Morgan fingerprint density at radius 1 is 0.973 bits per heavy atom. The van der Waals surface area contributed by atoms with Gasteiger partial charge in [-0.05, 0) is 54.3 Å². The van der Waals surface area contributed by atoms with Crippen LogP contribution in [-0.4, -0.2) is 69.9 Å². The molecule has 2 aromatic rings. The summed E-state index contributed by atoms with van der Waals surface area (Å²) in [6, 6.07) is 7.59. The van der Waals surface area contributed by atoms with E-state index in [4.69, 9.17) is 23.7 Å². The standard InChI is InChI=1S/C28H35NO8/c1-16(2)15-37-20-9-8-18(12-17(20)3)25(30)23-24(29(10-11-33-4)28(32)26(23)31)19-13-21(34-5)27(36-7)22(14-19)35-6/h8-9,12-14,16,24,30H,10-11,15H2,1-7H3/b25-23+/t24-/m1/s1. The number of rotatable bonds is 11. The molecule has 0 aliphatic carbocycles. The first-order valence-electron chi connectivity index (χ1n) is 12.0. The molecule has 0 spiro atoms. The highest BCUT2D eigenvalue weighted by Gasteiger charge is 2.46. The second-order valence-corrected chi connectivity index (χ2v) is 9.13. The molecule has 0 saturated carbocycles. The highest BCUT2D eigenvalue weighted by molar-refractivity contribution is 6.46. The van der Waals surface area contributed by atoms with Gasteiger partial charge in [-0.25, -0.2) is 0 Å². The normalized spacial score (nSPS) is 16.9. The number of carbonyl (C=O) groups excluding carboxylic acids is 2. The van der Waals surface area contributed by atoms with E-state index in [9.17, 15) is 14.7 Å². The number of amides is 1. The van der Waals surface area contributed by atoms with E-state index in [0.29, 0.717) is 46.6 Å². The maximum atomic E-state index is 13.3. The molecule has 1 heterocycles. The summed E-state index contributed by atoms with van der Waals surface area (Å²) in [5, 5.41) is 11.4. The number of hydrogen-bond donors (Lipinski definition) is 1. The monoisotopic (exact) mass is 513 g/mol. The molecule has 1 atom stereocenters. The van der Waals surface area contributed by atoms with Crippen LogP contribution in [0.5, 0.6) is 23.0 Å². The van der Waals surface area contributed by atoms with Crippen LogP contribution in [0.2, 0.25) is 0 Å². The molecule has 1 amide bonds. The van der Waals surface area contributed by atoms with E-state index in [1.165, 1.54) is 33.3 Å². The molecule has 2 aromatic carbocycles. The Kier molecular flexibility index (Phi) is 9.04. The summed E-state index contributed by atoms with van der Waals surface area (Å²) in [5.41, 5.74) is 1.67.